The molecule has 172 valence electrons. The zero-order valence-electron chi connectivity index (χ0n) is 18.9. The average molecular weight is 463 g/mol. The van der Waals surface area contributed by atoms with Crippen LogP contribution in [0, 0.1) is 0 Å². The van der Waals surface area contributed by atoms with Gasteiger partial charge in [-0.25, -0.2) is 0 Å². The molecular formula is C27H30N2O3S. The fourth-order valence-corrected chi connectivity index (χ4v) is 4.78. The van der Waals surface area contributed by atoms with E-state index in [4.69, 9.17) is 9.47 Å². The lowest BCUT2D eigenvalue weighted by atomic mass is 10.0. The Morgan fingerprint density at radius 3 is 2.36 bits per heavy atom. The summed E-state index contributed by atoms with van der Waals surface area (Å²) < 4.78 is 10.8. The van der Waals surface area contributed by atoms with Gasteiger partial charge in [-0.1, -0.05) is 42.5 Å². The molecule has 1 aliphatic rings. The maximum Gasteiger partial charge on any atom is 0.251 e. The molecule has 5 nitrogen and oxygen atoms in total. The molecular weight excluding hydrogens is 432 g/mol. The fourth-order valence-electron chi connectivity index (χ4n) is 3.90. The van der Waals surface area contributed by atoms with E-state index in [9.17, 15) is 4.79 Å². The molecule has 3 aromatic carbocycles. The molecule has 1 fully saturated rings. The highest BCUT2D eigenvalue weighted by Crippen LogP contribution is 2.24. The Balaban J connectivity index is 1.37. The number of nitrogens with zero attached hydrogens (tertiary/aromatic N) is 1. The summed E-state index contributed by atoms with van der Waals surface area (Å²) in [5.41, 5.74) is 3.04. The van der Waals surface area contributed by atoms with Crippen LogP contribution in [0.3, 0.4) is 0 Å². The van der Waals surface area contributed by atoms with Crippen molar-refractivity contribution in [3.8, 4) is 5.75 Å². The van der Waals surface area contributed by atoms with Crippen molar-refractivity contribution in [2.45, 2.75) is 16.7 Å². The Kier molecular flexibility index (Phi) is 8.41. The third-order valence-corrected chi connectivity index (χ3v) is 6.89. The predicted octanol–water partition coefficient (Wildman–Crippen LogP) is 4.79. The molecule has 1 amide bonds. The lowest BCUT2D eigenvalue weighted by Crippen LogP contribution is -2.43. The standard InChI is InChI=1S/C27H30N2O3S/c1-31-24-13-11-22(12-14-24)26(29-15-17-32-18-16-29)19-28-27(30)23-9-7-21(8-10-23)20-33-25-5-3-2-4-6-25/h2-14,26H,15-20H2,1H3,(H,28,30). The van der Waals surface area contributed by atoms with E-state index in [0.29, 0.717) is 25.3 Å². The van der Waals surface area contributed by atoms with Gasteiger partial charge in [0.25, 0.3) is 5.91 Å². The van der Waals surface area contributed by atoms with Gasteiger partial charge in [0.1, 0.15) is 5.75 Å². The molecule has 33 heavy (non-hydrogen) atoms. The molecule has 0 aromatic heterocycles. The Labute approximate surface area is 200 Å². The largest absolute Gasteiger partial charge is 0.497 e. The molecule has 6 heteroatoms. The molecule has 1 atom stereocenters. The van der Waals surface area contributed by atoms with E-state index in [-0.39, 0.29) is 11.9 Å². The minimum absolute atomic E-state index is 0.0518. The van der Waals surface area contributed by atoms with E-state index in [2.05, 4.69) is 34.5 Å². The van der Waals surface area contributed by atoms with Gasteiger partial charge in [0, 0.05) is 35.8 Å². The first-order chi connectivity index (χ1) is 16.2. The van der Waals surface area contributed by atoms with Gasteiger partial charge >= 0.3 is 0 Å². The number of methoxy groups -OCH3 is 1. The van der Waals surface area contributed by atoms with Gasteiger partial charge < -0.3 is 14.8 Å². The van der Waals surface area contributed by atoms with Crippen LogP contribution in [0.4, 0.5) is 0 Å². The molecule has 3 aromatic rings. The lowest BCUT2D eigenvalue weighted by molar-refractivity contribution is 0.0162. The maximum atomic E-state index is 12.9. The van der Waals surface area contributed by atoms with Crippen LogP contribution in [0.2, 0.25) is 0 Å². The molecule has 1 N–H and O–H groups in total. The van der Waals surface area contributed by atoms with Crippen LogP contribution in [-0.2, 0) is 10.5 Å². The zero-order chi connectivity index (χ0) is 22.9. The molecule has 0 radical (unpaired) electrons. The second kappa shape index (κ2) is 11.9. The average Bonchev–Trinajstić information content (AvgIpc) is 2.89. The molecule has 0 aliphatic carbocycles. The molecule has 4 rings (SSSR count). The summed E-state index contributed by atoms with van der Waals surface area (Å²) in [6, 6.07) is 26.4. The van der Waals surface area contributed by atoms with Crippen LogP contribution in [-0.4, -0.2) is 50.8 Å². The van der Waals surface area contributed by atoms with Crippen molar-refractivity contribution >= 4 is 17.7 Å². The van der Waals surface area contributed by atoms with E-state index < -0.39 is 0 Å². The molecule has 0 bridgehead atoms. The number of rotatable bonds is 9. The first kappa shape index (κ1) is 23.4. The number of morpholine rings is 1. The summed E-state index contributed by atoms with van der Waals surface area (Å²) in [6.45, 7) is 3.66. The summed E-state index contributed by atoms with van der Waals surface area (Å²) in [5.74, 6) is 1.65. The SMILES string of the molecule is COc1ccc(C(CNC(=O)c2ccc(CSc3ccccc3)cc2)N2CCOCC2)cc1. The van der Waals surface area contributed by atoms with Gasteiger partial charge in [0.05, 0.1) is 26.4 Å². The summed E-state index contributed by atoms with van der Waals surface area (Å²) >= 11 is 1.79. The number of thioether (sulfide) groups is 1. The van der Waals surface area contributed by atoms with Gasteiger partial charge in [-0.15, -0.1) is 11.8 Å². The van der Waals surface area contributed by atoms with E-state index in [1.165, 1.54) is 10.5 Å². The smallest absolute Gasteiger partial charge is 0.251 e. The molecule has 1 unspecified atom stereocenters. The van der Waals surface area contributed by atoms with Crippen molar-refractivity contribution in [3.63, 3.8) is 0 Å². The predicted molar refractivity (Wildman–Crippen MR) is 133 cm³/mol. The quantitative estimate of drug-likeness (QED) is 0.464. The third-order valence-electron chi connectivity index (χ3n) is 5.81. The summed E-state index contributed by atoms with van der Waals surface area (Å²) in [4.78, 5) is 16.5. The molecule has 0 spiro atoms. The normalized spacial score (nSPS) is 15.1. The number of nitrogens with one attached hydrogen (secondary N) is 1. The second-order valence-corrected chi connectivity index (χ2v) is 8.99. The minimum Gasteiger partial charge on any atom is -0.497 e. The van der Waals surface area contributed by atoms with Crippen LogP contribution in [0.25, 0.3) is 0 Å². The maximum absolute atomic E-state index is 12.9. The van der Waals surface area contributed by atoms with Crippen molar-refractivity contribution in [3.05, 3.63) is 95.6 Å². The monoisotopic (exact) mass is 462 g/mol. The highest BCUT2D eigenvalue weighted by atomic mass is 32.2. The number of hydrogen-bond donors (Lipinski definition) is 1. The van der Waals surface area contributed by atoms with E-state index >= 15 is 0 Å². The van der Waals surface area contributed by atoms with Gasteiger partial charge in [-0.3, -0.25) is 9.69 Å². The van der Waals surface area contributed by atoms with Crippen LogP contribution >= 0.6 is 11.8 Å². The minimum atomic E-state index is -0.0518. The highest BCUT2D eigenvalue weighted by molar-refractivity contribution is 7.98. The van der Waals surface area contributed by atoms with Crippen molar-refractivity contribution in [2.24, 2.45) is 0 Å². The number of carbonyl (C=O) groups is 1. The van der Waals surface area contributed by atoms with Crippen molar-refractivity contribution in [1.82, 2.24) is 10.2 Å². The topological polar surface area (TPSA) is 50.8 Å². The van der Waals surface area contributed by atoms with Crippen molar-refractivity contribution in [2.75, 3.05) is 40.0 Å². The first-order valence-electron chi connectivity index (χ1n) is 11.2. The van der Waals surface area contributed by atoms with Crippen LogP contribution < -0.4 is 10.1 Å². The third kappa shape index (κ3) is 6.60. The fraction of sp³-hybridized carbons (Fsp3) is 0.296. The zero-order valence-corrected chi connectivity index (χ0v) is 19.7. The molecule has 1 aliphatic heterocycles. The number of benzene rings is 3. The summed E-state index contributed by atoms with van der Waals surface area (Å²) in [6.07, 6.45) is 0. The Hall–Kier alpha value is -2.80. The van der Waals surface area contributed by atoms with Gasteiger partial charge in [0.2, 0.25) is 0 Å². The Morgan fingerprint density at radius 2 is 1.70 bits per heavy atom. The Bertz CT molecular complexity index is 1000. The first-order valence-corrected chi connectivity index (χ1v) is 12.2. The van der Waals surface area contributed by atoms with Crippen molar-refractivity contribution < 1.29 is 14.3 Å². The summed E-state index contributed by atoms with van der Waals surface area (Å²) in [5, 5.41) is 3.14. The molecule has 0 saturated carbocycles. The van der Waals surface area contributed by atoms with E-state index in [0.717, 1.165) is 30.2 Å². The summed E-state index contributed by atoms with van der Waals surface area (Å²) in [7, 11) is 1.67. The van der Waals surface area contributed by atoms with E-state index in [1.807, 2.05) is 54.6 Å². The number of carbonyl (C=O) groups excluding carboxylic acids is 1. The number of hydrogen-bond acceptors (Lipinski definition) is 5. The molecule has 1 heterocycles. The lowest BCUT2D eigenvalue weighted by Gasteiger charge is -2.35. The van der Waals surface area contributed by atoms with Gasteiger partial charge in [-0.05, 0) is 47.5 Å². The van der Waals surface area contributed by atoms with Crippen LogP contribution in [0.15, 0.2) is 83.8 Å². The Morgan fingerprint density at radius 1 is 1.00 bits per heavy atom. The van der Waals surface area contributed by atoms with E-state index in [1.54, 1.807) is 18.9 Å². The van der Waals surface area contributed by atoms with Crippen LogP contribution in [0.1, 0.15) is 27.5 Å². The highest BCUT2D eigenvalue weighted by Gasteiger charge is 2.23. The van der Waals surface area contributed by atoms with Gasteiger partial charge in [-0.2, -0.15) is 0 Å². The van der Waals surface area contributed by atoms with Crippen molar-refractivity contribution in [1.29, 1.82) is 0 Å². The van der Waals surface area contributed by atoms with Crippen LogP contribution in [0.5, 0.6) is 5.75 Å². The number of ether oxygens (including phenoxy) is 2. The number of amides is 1. The second-order valence-electron chi connectivity index (χ2n) is 7.95. The molecule has 1 saturated heterocycles. The van der Waals surface area contributed by atoms with Gasteiger partial charge in [0.15, 0.2) is 0 Å².